The summed E-state index contributed by atoms with van der Waals surface area (Å²) in [4.78, 5) is 12.6. The average molecular weight is 337 g/mol. The molecule has 0 spiro atoms. The van der Waals surface area contributed by atoms with Crippen molar-refractivity contribution in [3.8, 4) is 5.75 Å². The number of nitrogen functional groups attached to an aromatic ring is 1. The molecular formula is C15H19N3O2S2. The number of anilines is 1. The molecule has 0 aliphatic rings. The first-order valence-electron chi connectivity index (χ1n) is 6.86. The Labute approximate surface area is 138 Å². The highest BCUT2D eigenvalue weighted by molar-refractivity contribution is 8.01. The minimum Gasteiger partial charge on any atom is -0.496 e. The number of nitrogens with two attached hydrogens (primary N) is 1. The summed E-state index contributed by atoms with van der Waals surface area (Å²) in [5.41, 5.74) is 8.26. The van der Waals surface area contributed by atoms with Gasteiger partial charge in [0.05, 0.1) is 12.9 Å². The van der Waals surface area contributed by atoms with Gasteiger partial charge in [-0.15, -0.1) is 10.2 Å². The minimum absolute atomic E-state index is 0.0771. The molecule has 0 saturated heterocycles. The van der Waals surface area contributed by atoms with Crippen LogP contribution in [-0.4, -0.2) is 28.8 Å². The zero-order valence-corrected chi connectivity index (χ0v) is 14.7. The van der Waals surface area contributed by atoms with Crippen molar-refractivity contribution in [2.45, 2.75) is 31.0 Å². The largest absolute Gasteiger partial charge is 0.496 e. The van der Waals surface area contributed by atoms with Crippen LogP contribution in [0.25, 0.3) is 0 Å². The Morgan fingerprint density at radius 3 is 2.68 bits per heavy atom. The summed E-state index contributed by atoms with van der Waals surface area (Å²) in [7, 11) is 1.64. The molecule has 5 nitrogen and oxygen atoms in total. The van der Waals surface area contributed by atoms with Crippen LogP contribution < -0.4 is 10.5 Å². The van der Waals surface area contributed by atoms with E-state index in [2.05, 4.69) is 24.0 Å². The van der Waals surface area contributed by atoms with Gasteiger partial charge in [0.25, 0.3) is 0 Å². The number of thioether (sulfide) groups is 1. The molecule has 22 heavy (non-hydrogen) atoms. The molecule has 0 atom stereocenters. The highest BCUT2D eigenvalue weighted by Gasteiger charge is 2.17. The lowest BCUT2D eigenvalue weighted by Crippen LogP contribution is -2.09. The van der Waals surface area contributed by atoms with Crippen molar-refractivity contribution in [3.63, 3.8) is 0 Å². The second-order valence-electron chi connectivity index (χ2n) is 5.18. The molecule has 0 fully saturated rings. The number of hydrogen-bond acceptors (Lipinski definition) is 7. The number of hydrogen-bond donors (Lipinski definition) is 1. The lowest BCUT2D eigenvalue weighted by Gasteiger charge is -2.15. The zero-order chi connectivity index (χ0) is 16.3. The fraction of sp³-hybridized carbons (Fsp3) is 0.400. The summed E-state index contributed by atoms with van der Waals surface area (Å²) < 4.78 is 6.07. The third-order valence-electron chi connectivity index (χ3n) is 3.24. The molecule has 1 aromatic heterocycles. The number of aromatic nitrogens is 2. The Kier molecular flexibility index (Phi) is 5.42. The number of ketones is 1. The van der Waals surface area contributed by atoms with Gasteiger partial charge >= 0.3 is 0 Å². The van der Waals surface area contributed by atoms with E-state index in [1.807, 2.05) is 19.1 Å². The van der Waals surface area contributed by atoms with Crippen LogP contribution in [-0.2, 0) is 0 Å². The Bertz CT molecular complexity index is 683. The third kappa shape index (κ3) is 3.78. The third-order valence-corrected chi connectivity index (χ3v) is 5.12. The van der Waals surface area contributed by atoms with E-state index >= 15 is 0 Å². The monoisotopic (exact) mass is 337 g/mol. The van der Waals surface area contributed by atoms with Crippen LogP contribution in [0.5, 0.6) is 5.75 Å². The number of ether oxygens (including phenoxy) is 1. The second-order valence-corrected chi connectivity index (χ2v) is 7.41. The molecule has 0 bridgehead atoms. The molecule has 0 aliphatic carbocycles. The SMILES string of the molecule is COc1cc(C(C)C)c(C(=O)CSc2nnc(N)s2)cc1C. The van der Waals surface area contributed by atoms with Crippen molar-refractivity contribution in [2.24, 2.45) is 0 Å². The quantitative estimate of drug-likeness (QED) is 0.642. The maximum Gasteiger partial charge on any atom is 0.203 e. The Morgan fingerprint density at radius 2 is 2.14 bits per heavy atom. The second kappa shape index (κ2) is 7.11. The van der Waals surface area contributed by atoms with Crippen LogP contribution in [0.3, 0.4) is 0 Å². The molecule has 2 aromatic rings. The maximum absolute atomic E-state index is 12.6. The van der Waals surface area contributed by atoms with Crippen molar-refractivity contribution in [1.29, 1.82) is 0 Å². The molecule has 1 aromatic carbocycles. The highest BCUT2D eigenvalue weighted by atomic mass is 32.2. The molecule has 1 heterocycles. The standard InChI is InChI=1S/C15H19N3O2S2/c1-8(2)10-6-13(20-4)9(3)5-11(10)12(19)7-21-15-18-17-14(16)22-15/h5-6,8H,7H2,1-4H3,(H2,16,17). The Morgan fingerprint density at radius 1 is 1.41 bits per heavy atom. The van der Waals surface area contributed by atoms with E-state index < -0.39 is 0 Å². The Balaban J connectivity index is 2.22. The van der Waals surface area contributed by atoms with E-state index in [9.17, 15) is 4.79 Å². The smallest absolute Gasteiger partial charge is 0.203 e. The molecule has 7 heteroatoms. The number of benzene rings is 1. The summed E-state index contributed by atoms with van der Waals surface area (Å²) in [6.07, 6.45) is 0. The first-order valence-corrected chi connectivity index (χ1v) is 8.66. The van der Waals surface area contributed by atoms with Crippen molar-refractivity contribution in [2.75, 3.05) is 18.6 Å². The summed E-state index contributed by atoms with van der Waals surface area (Å²) in [5.74, 6) is 1.45. The number of nitrogens with zero attached hydrogens (tertiary/aromatic N) is 2. The van der Waals surface area contributed by atoms with Gasteiger partial charge in [0, 0.05) is 5.56 Å². The van der Waals surface area contributed by atoms with Gasteiger partial charge in [-0.2, -0.15) is 0 Å². The van der Waals surface area contributed by atoms with Gasteiger partial charge in [0.1, 0.15) is 5.75 Å². The average Bonchev–Trinajstić information content (AvgIpc) is 2.89. The molecule has 2 rings (SSSR count). The van der Waals surface area contributed by atoms with Crippen LogP contribution in [0, 0.1) is 6.92 Å². The fourth-order valence-electron chi connectivity index (χ4n) is 2.13. The van der Waals surface area contributed by atoms with E-state index in [-0.39, 0.29) is 11.7 Å². The van der Waals surface area contributed by atoms with Gasteiger partial charge in [0.15, 0.2) is 10.1 Å². The summed E-state index contributed by atoms with van der Waals surface area (Å²) >= 11 is 2.66. The van der Waals surface area contributed by atoms with E-state index in [0.29, 0.717) is 15.2 Å². The fourth-order valence-corrected chi connectivity index (χ4v) is 3.65. The number of rotatable bonds is 6. The predicted molar refractivity (Wildman–Crippen MR) is 91.2 cm³/mol. The molecule has 0 unspecified atom stereocenters. The van der Waals surface area contributed by atoms with Crippen molar-refractivity contribution >= 4 is 34.0 Å². The number of carbonyl (C=O) groups excluding carboxylic acids is 1. The van der Waals surface area contributed by atoms with Gasteiger partial charge in [0.2, 0.25) is 5.13 Å². The van der Waals surface area contributed by atoms with Crippen LogP contribution in [0.2, 0.25) is 0 Å². The molecule has 0 aliphatic heterocycles. The van der Waals surface area contributed by atoms with E-state index in [1.54, 1.807) is 7.11 Å². The summed E-state index contributed by atoms with van der Waals surface area (Å²) in [5, 5.41) is 8.08. The van der Waals surface area contributed by atoms with Gasteiger partial charge in [-0.3, -0.25) is 4.79 Å². The number of aryl methyl sites for hydroxylation is 1. The van der Waals surface area contributed by atoms with Crippen LogP contribution >= 0.6 is 23.1 Å². The Hall–Kier alpha value is -1.60. The van der Waals surface area contributed by atoms with Crippen molar-refractivity contribution < 1.29 is 9.53 Å². The highest BCUT2D eigenvalue weighted by Crippen LogP contribution is 2.30. The van der Waals surface area contributed by atoms with E-state index in [0.717, 1.165) is 22.4 Å². The summed E-state index contributed by atoms with van der Waals surface area (Å²) in [6, 6.07) is 3.87. The van der Waals surface area contributed by atoms with Gasteiger partial charge in [-0.25, -0.2) is 0 Å². The number of carbonyl (C=O) groups is 1. The maximum atomic E-state index is 12.6. The number of methoxy groups -OCH3 is 1. The van der Waals surface area contributed by atoms with Crippen molar-refractivity contribution in [1.82, 2.24) is 10.2 Å². The van der Waals surface area contributed by atoms with Crippen LogP contribution in [0.4, 0.5) is 5.13 Å². The van der Waals surface area contributed by atoms with Crippen molar-refractivity contribution in [3.05, 3.63) is 28.8 Å². The molecule has 2 N–H and O–H groups in total. The number of Topliss-reactive ketones (excluding diaryl/α,β-unsaturated/α-hetero) is 1. The van der Waals surface area contributed by atoms with Gasteiger partial charge in [-0.05, 0) is 36.1 Å². The topological polar surface area (TPSA) is 78.1 Å². The first-order chi connectivity index (χ1) is 10.4. The van der Waals surface area contributed by atoms with Crippen LogP contribution in [0.15, 0.2) is 16.5 Å². The van der Waals surface area contributed by atoms with Gasteiger partial charge in [-0.1, -0.05) is 36.9 Å². The molecule has 118 valence electrons. The molecule has 0 amide bonds. The van der Waals surface area contributed by atoms with Crippen LogP contribution in [0.1, 0.15) is 41.3 Å². The molecule has 0 saturated carbocycles. The minimum atomic E-state index is 0.0771. The lowest BCUT2D eigenvalue weighted by molar-refractivity contribution is 0.102. The normalized spacial score (nSPS) is 11.0. The summed E-state index contributed by atoms with van der Waals surface area (Å²) in [6.45, 7) is 6.08. The zero-order valence-electron chi connectivity index (χ0n) is 13.0. The first kappa shape index (κ1) is 16.8. The molecule has 0 radical (unpaired) electrons. The lowest BCUT2D eigenvalue weighted by atomic mass is 9.93. The molecular weight excluding hydrogens is 318 g/mol. The van der Waals surface area contributed by atoms with Gasteiger partial charge < -0.3 is 10.5 Å². The van der Waals surface area contributed by atoms with E-state index in [1.165, 1.54) is 23.1 Å². The van der Waals surface area contributed by atoms with E-state index in [4.69, 9.17) is 10.5 Å². The predicted octanol–water partition coefficient (Wildman–Crippen LogP) is 3.54.